The summed E-state index contributed by atoms with van der Waals surface area (Å²) in [5, 5.41) is 0. The second-order valence-corrected chi connectivity index (χ2v) is 8.16. The summed E-state index contributed by atoms with van der Waals surface area (Å²) in [7, 11) is -4.36. The molecule has 6 nitrogen and oxygen atoms in total. The molecular formula is C20H42O6S. The molecule has 0 saturated carbocycles. The highest BCUT2D eigenvalue weighted by molar-refractivity contribution is 7.80. The van der Waals surface area contributed by atoms with Crippen LogP contribution >= 0.6 is 0 Å². The van der Waals surface area contributed by atoms with Gasteiger partial charge < -0.3 is 9.47 Å². The minimum atomic E-state index is -4.36. The van der Waals surface area contributed by atoms with Crippen molar-refractivity contribution in [1.29, 1.82) is 0 Å². The van der Waals surface area contributed by atoms with Gasteiger partial charge in [-0.1, -0.05) is 90.4 Å². The molecule has 0 aliphatic carbocycles. The van der Waals surface area contributed by atoms with Gasteiger partial charge in [0.2, 0.25) is 0 Å². The molecule has 0 unspecified atom stereocenters. The Morgan fingerprint density at radius 2 is 0.926 bits per heavy atom. The van der Waals surface area contributed by atoms with E-state index in [4.69, 9.17) is 14.0 Å². The third kappa shape index (κ3) is 25.8. The summed E-state index contributed by atoms with van der Waals surface area (Å²) < 4.78 is 43.6. The van der Waals surface area contributed by atoms with Crippen LogP contribution in [0.15, 0.2) is 0 Å². The Labute approximate surface area is 167 Å². The highest BCUT2D eigenvalue weighted by Crippen LogP contribution is 2.12. The van der Waals surface area contributed by atoms with Gasteiger partial charge in [0.25, 0.3) is 0 Å². The topological polar surface area (TPSA) is 82.1 Å². The van der Waals surface area contributed by atoms with Crippen molar-refractivity contribution >= 4 is 10.4 Å². The van der Waals surface area contributed by atoms with Crippen molar-refractivity contribution in [2.75, 3.05) is 33.0 Å². The lowest BCUT2D eigenvalue weighted by molar-refractivity contribution is 0.0346. The Kier molecular flexibility index (Phi) is 20.4. The van der Waals surface area contributed by atoms with E-state index in [0.717, 1.165) is 13.0 Å². The first-order valence-electron chi connectivity index (χ1n) is 10.8. The molecule has 0 radical (unpaired) electrons. The van der Waals surface area contributed by atoms with Crippen molar-refractivity contribution in [3.05, 3.63) is 0 Å². The van der Waals surface area contributed by atoms with Gasteiger partial charge in [-0.2, -0.15) is 8.42 Å². The second kappa shape index (κ2) is 20.5. The van der Waals surface area contributed by atoms with Gasteiger partial charge in [-0.3, -0.25) is 4.55 Å². The highest BCUT2D eigenvalue weighted by Gasteiger charge is 2.02. The van der Waals surface area contributed by atoms with E-state index in [1.165, 1.54) is 83.5 Å². The van der Waals surface area contributed by atoms with Gasteiger partial charge in [-0.15, -0.1) is 0 Å². The van der Waals surface area contributed by atoms with Crippen molar-refractivity contribution in [1.82, 2.24) is 0 Å². The minimum absolute atomic E-state index is 0.113. The van der Waals surface area contributed by atoms with Crippen LogP contribution in [-0.2, 0) is 24.1 Å². The first-order chi connectivity index (χ1) is 13.1. The molecule has 0 aromatic carbocycles. The minimum Gasteiger partial charge on any atom is -0.379 e. The zero-order chi connectivity index (χ0) is 20.1. The van der Waals surface area contributed by atoms with E-state index < -0.39 is 10.4 Å². The Balaban J connectivity index is 3.03. The predicted octanol–water partition coefficient (Wildman–Crippen LogP) is 5.32. The second-order valence-electron chi connectivity index (χ2n) is 7.07. The molecule has 164 valence electrons. The fraction of sp³-hybridized carbons (Fsp3) is 1.00. The third-order valence-electron chi connectivity index (χ3n) is 4.47. The van der Waals surface area contributed by atoms with E-state index >= 15 is 0 Å². The van der Waals surface area contributed by atoms with Crippen LogP contribution in [0.3, 0.4) is 0 Å². The van der Waals surface area contributed by atoms with Crippen LogP contribution in [0, 0.1) is 0 Å². The molecule has 0 amide bonds. The van der Waals surface area contributed by atoms with Crippen LogP contribution in [0.2, 0.25) is 0 Å². The molecule has 0 saturated heterocycles. The molecule has 0 rings (SSSR count). The van der Waals surface area contributed by atoms with E-state index in [1.54, 1.807) is 0 Å². The molecule has 7 heteroatoms. The molecule has 27 heavy (non-hydrogen) atoms. The molecule has 0 aliphatic rings. The molecule has 1 N–H and O–H groups in total. The molecular weight excluding hydrogens is 368 g/mol. The molecule has 0 aliphatic heterocycles. The molecule has 0 aromatic rings. The van der Waals surface area contributed by atoms with Gasteiger partial charge in [0, 0.05) is 6.61 Å². The van der Waals surface area contributed by atoms with Gasteiger partial charge in [0.1, 0.15) is 0 Å². The maximum atomic E-state index is 10.3. The SMILES string of the molecule is CCCCCCCCCCCCCCCCOCCOCCOS(=O)(=O)O. The summed E-state index contributed by atoms with van der Waals surface area (Å²) >= 11 is 0. The summed E-state index contributed by atoms with van der Waals surface area (Å²) in [5.74, 6) is 0. The van der Waals surface area contributed by atoms with E-state index in [-0.39, 0.29) is 13.2 Å². The van der Waals surface area contributed by atoms with Gasteiger partial charge in [0.15, 0.2) is 0 Å². The fourth-order valence-electron chi connectivity index (χ4n) is 2.92. The molecule has 0 bridgehead atoms. The van der Waals surface area contributed by atoms with E-state index in [0.29, 0.717) is 13.2 Å². The van der Waals surface area contributed by atoms with Crippen LogP contribution in [-0.4, -0.2) is 46.0 Å². The Hall–Kier alpha value is -0.210. The summed E-state index contributed by atoms with van der Waals surface area (Å²) in [6.45, 7) is 3.82. The largest absolute Gasteiger partial charge is 0.397 e. The van der Waals surface area contributed by atoms with Crippen LogP contribution in [0.4, 0.5) is 0 Å². The Morgan fingerprint density at radius 3 is 1.37 bits per heavy atom. The molecule has 0 spiro atoms. The fourth-order valence-corrected chi connectivity index (χ4v) is 3.20. The van der Waals surface area contributed by atoms with E-state index in [1.807, 2.05) is 0 Å². The van der Waals surface area contributed by atoms with Crippen molar-refractivity contribution in [3.8, 4) is 0 Å². The van der Waals surface area contributed by atoms with Gasteiger partial charge in [-0.25, -0.2) is 4.18 Å². The van der Waals surface area contributed by atoms with Crippen molar-refractivity contribution < 1.29 is 26.6 Å². The Morgan fingerprint density at radius 1 is 0.556 bits per heavy atom. The zero-order valence-corrected chi connectivity index (χ0v) is 18.1. The summed E-state index contributed by atoms with van der Waals surface area (Å²) in [6.07, 6.45) is 18.8. The summed E-state index contributed by atoms with van der Waals surface area (Å²) in [4.78, 5) is 0. The van der Waals surface area contributed by atoms with Crippen molar-refractivity contribution in [2.24, 2.45) is 0 Å². The number of hydrogen-bond acceptors (Lipinski definition) is 5. The number of unbranched alkanes of at least 4 members (excludes halogenated alkanes) is 13. The molecule has 0 heterocycles. The van der Waals surface area contributed by atoms with E-state index in [2.05, 4.69) is 11.1 Å². The lowest BCUT2D eigenvalue weighted by Gasteiger charge is -2.06. The molecule has 0 atom stereocenters. The lowest BCUT2D eigenvalue weighted by Crippen LogP contribution is -2.12. The average molecular weight is 411 g/mol. The molecule has 0 aromatic heterocycles. The quantitative estimate of drug-likeness (QED) is 0.192. The Bertz CT molecular complexity index is 386. The van der Waals surface area contributed by atoms with Gasteiger partial charge >= 0.3 is 10.4 Å². The third-order valence-corrected chi connectivity index (χ3v) is 4.94. The molecule has 0 fully saturated rings. The van der Waals surface area contributed by atoms with Crippen molar-refractivity contribution in [3.63, 3.8) is 0 Å². The first-order valence-corrected chi connectivity index (χ1v) is 12.2. The predicted molar refractivity (Wildman–Crippen MR) is 109 cm³/mol. The smallest absolute Gasteiger partial charge is 0.379 e. The van der Waals surface area contributed by atoms with Crippen LogP contribution in [0.25, 0.3) is 0 Å². The average Bonchev–Trinajstić information content (AvgIpc) is 2.62. The summed E-state index contributed by atoms with van der Waals surface area (Å²) in [5.41, 5.74) is 0. The van der Waals surface area contributed by atoms with Crippen LogP contribution in [0.5, 0.6) is 0 Å². The van der Waals surface area contributed by atoms with Crippen molar-refractivity contribution in [2.45, 2.75) is 96.8 Å². The lowest BCUT2D eigenvalue weighted by atomic mass is 10.0. The maximum absolute atomic E-state index is 10.3. The normalized spacial score (nSPS) is 11.9. The number of hydrogen-bond donors (Lipinski definition) is 1. The van der Waals surface area contributed by atoms with Gasteiger partial charge in [-0.05, 0) is 6.42 Å². The maximum Gasteiger partial charge on any atom is 0.397 e. The number of rotatable bonds is 22. The zero-order valence-electron chi connectivity index (χ0n) is 17.3. The summed E-state index contributed by atoms with van der Waals surface area (Å²) in [6, 6.07) is 0. The standard InChI is InChI=1S/C20H42O6S/c1-2-3-4-5-6-7-8-9-10-11-12-13-14-15-16-24-17-18-25-19-20-26-27(21,22)23/h2-20H2,1H3,(H,21,22,23). The van der Waals surface area contributed by atoms with Crippen LogP contribution < -0.4 is 0 Å². The first kappa shape index (κ1) is 26.8. The van der Waals surface area contributed by atoms with E-state index in [9.17, 15) is 8.42 Å². The highest BCUT2D eigenvalue weighted by atomic mass is 32.3. The number of ether oxygens (including phenoxy) is 2. The van der Waals surface area contributed by atoms with Gasteiger partial charge in [0.05, 0.1) is 26.4 Å². The van der Waals surface area contributed by atoms with Crippen LogP contribution in [0.1, 0.15) is 96.8 Å². The monoisotopic (exact) mass is 410 g/mol.